The molecule has 0 bridgehead atoms. The van der Waals surface area contributed by atoms with E-state index in [1.807, 2.05) is 4.90 Å². The minimum atomic E-state index is -3.00. The molecule has 0 N–H and O–H groups in total. The molecule has 4 nitrogen and oxygen atoms in total. The zero-order chi connectivity index (χ0) is 15.5. The van der Waals surface area contributed by atoms with Crippen LogP contribution in [0.25, 0.3) is 0 Å². The minimum Gasteiger partial charge on any atom is -0.464 e. The van der Waals surface area contributed by atoms with E-state index in [4.69, 9.17) is 4.42 Å². The molecule has 1 fully saturated rings. The fraction of sp³-hybridized carbons (Fsp3) is 0.692. The van der Waals surface area contributed by atoms with Crippen LogP contribution < -0.4 is 0 Å². The molecule has 1 atom stereocenters. The summed E-state index contributed by atoms with van der Waals surface area (Å²) in [5, 5.41) is -0.308. The number of hydrogen-bond acceptors (Lipinski definition) is 5. The lowest BCUT2D eigenvalue weighted by Crippen LogP contribution is -2.26. The van der Waals surface area contributed by atoms with Crippen molar-refractivity contribution < 1.29 is 21.6 Å². The lowest BCUT2D eigenvalue weighted by Gasteiger charge is -2.17. The van der Waals surface area contributed by atoms with Crippen molar-refractivity contribution in [2.24, 2.45) is 0 Å². The first-order valence-corrected chi connectivity index (χ1v) is 9.54. The molecule has 21 heavy (non-hydrogen) atoms. The Bertz CT molecular complexity index is 560. The van der Waals surface area contributed by atoms with Crippen LogP contribution in [0.5, 0.6) is 0 Å². The van der Waals surface area contributed by atoms with Crippen LogP contribution in [-0.4, -0.2) is 43.2 Å². The number of nitrogens with zero attached hydrogens (tertiary/aromatic N) is 1. The van der Waals surface area contributed by atoms with E-state index in [0.717, 1.165) is 0 Å². The monoisotopic (exact) mass is 339 g/mol. The Morgan fingerprint density at radius 2 is 2.10 bits per heavy atom. The van der Waals surface area contributed by atoms with E-state index in [9.17, 15) is 17.2 Å². The van der Waals surface area contributed by atoms with Gasteiger partial charge in [0.25, 0.3) is 5.76 Å². The smallest absolute Gasteiger partial charge is 0.284 e. The lowest BCUT2D eigenvalue weighted by atomic mass is 10.3. The molecule has 0 saturated carbocycles. The molecule has 0 radical (unpaired) electrons. The number of hydrogen-bond donors (Lipinski definition) is 0. The van der Waals surface area contributed by atoms with Gasteiger partial charge in [0.15, 0.2) is 9.84 Å². The highest BCUT2D eigenvalue weighted by atomic mass is 32.2. The standard InChI is InChI=1S/C13H19F2NO3S2/c1-10-4-5-16(6-7-21(10,17)18)8-11-2-3-12(19-11)9-20-13(14)15/h2-3,10,13H,4-9H2,1H3/t10-/m1/s1. The highest BCUT2D eigenvalue weighted by Gasteiger charge is 2.26. The van der Waals surface area contributed by atoms with Gasteiger partial charge in [0.05, 0.1) is 23.3 Å². The molecule has 0 amide bonds. The average Bonchev–Trinajstić information content (AvgIpc) is 2.81. The molecular weight excluding hydrogens is 320 g/mol. The van der Waals surface area contributed by atoms with Gasteiger partial charge in [0.1, 0.15) is 11.5 Å². The predicted molar refractivity (Wildman–Crippen MR) is 79.1 cm³/mol. The summed E-state index contributed by atoms with van der Waals surface area (Å²) < 4.78 is 53.4. The van der Waals surface area contributed by atoms with Gasteiger partial charge in [-0.15, -0.1) is 0 Å². The second-order valence-corrected chi connectivity index (χ2v) is 8.70. The normalized spacial score (nSPS) is 23.3. The molecule has 1 aromatic heterocycles. The third-order valence-corrected chi connectivity index (χ3v) is 6.52. The third-order valence-electron chi connectivity index (χ3n) is 3.61. The van der Waals surface area contributed by atoms with Gasteiger partial charge >= 0.3 is 0 Å². The maximum atomic E-state index is 12.1. The average molecular weight is 339 g/mol. The Balaban J connectivity index is 1.90. The first-order chi connectivity index (χ1) is 9.87. The zero-order valence-corrected chi connectivity index (χ0v) is 13.4. The summed E-state index contributed by atoms with van der Waals surface area (Å²) in [7, 11) is -3.00. The number of rotatable bonds is 5. The first-order valence-electron chi connectivity index (χ1n) is 6.78. The summed E-state index contributed by atoms with van der Waals surface area (Å²) in [6.45, 7) is 3.43. The minimum absolute atomic E-state index is 0.142. The summed E-state index contributed by atoms with van der Waals surface area (Å²) in [5.74, 6) is -0.903. The molecule has 2 heterocycles. The Morgan fingerprint density at radius 1 is 1.38 bits per heavy atom. The fourth-order valence-electron chi connectivity index (χ4n) is 2.22. The number of alkyl halides is 2. The Labute approximate surface area is 127 Å². The van der Waals surface area contributed by atoms with Crippen LogP contribution in [0.1, 0.15) is 24.9 Å². The Morgan fingerprint density at radius 3 is 2.81 bits per heavy atom. The molecule has 1 saturated heterocycles. The first kappa shape index (κ1) is 16.8. The Hall–Kier alpha value is -0.600. The van der Waals surface area contributed by atoms with E-state index < -0.39 is 15.6 Å². The van der Waals surface area contributed by atoms with Crippen molar-refractivity contribution in [2.75, 3.05) is 18.8 Å². The van der Waals surface area contributed by atoms with Crippen molar-refractivity contribution >= 4 is 21.6 Å². The number of furan rings is 1. The zero-order valence-electron chi connectivity index (χ0n) is 11.8. The van der Waals surface area contributed by atoms with Crippen LogP contribution in [0.15, 0.2) is 16.5 Å². The third kappa shape index (κ3) is 4.96. The van der Waals surface area contributed by atoms with Gasteiger partial charge in [-0.05, 0) is 32.0 Å². The van der Waals surface area contributed by atoms with Gasteiger partial charge in [-0.1, -0.05) is 11.8 Å². The second-order valence-electron chi connectivity index (χ2n) is 5.18. The van der Waals surface area contributed by atoms with Crippen molar-refractivity contribution in [2.45, 2.75) is 36.6 Å². The van der Waals surface area contributed by atoms with Crippen molar-refractivity contribution in [1.29, 1.82) is 0 Å². The summed E-state index contributed by atoms with van der Waals surface area (Å²) in [5.41, 5.74) is 0. The SMILES string of the molecule is C[C@@H]1CCN(Cc2ccc(CSC(F)F)o2)CCS1(=O)=O. The second kappa shape index (κ2) is 7.11. The van der Waals surface area contributed by atoms with Crippen LogP contribution in [0, 0.1) is 0 Å². The predicted octanol–water partition coefficient (Wildman–Crippen LogP) is 2.74. The van der Waals surface area contributed by atoms with Crippen LogP contribution in [0.2, 0.25) is 0 Å². The summed E-state index contributed by atoms with van der Waals surface area (Å²) in [4.78, 5) is 2.03. The quantitative estimate of drug-likeness (QED) is 0.826. The molecular formula is C13H19F2NO3S2. The molecule has 2 rings (SSSR count). The number of thioether (sulfide) groups is 1. The van der Waals surface area contributed by atoms with Crippen LogP contribution in [0.3, 0.4) is 0 Å². The van der Waals surface area contributed by atoms with Crippen LogP contribution in [0.4, 0.5) is 8.78 Å². The van der Waals surface area contributed by atoms with Crippen LogP contribution in [-0.2, 0) is 22.1 Å². The lowest BCUT2D eigenvalue weighted by molar-refractivity contribution is 0.250. The molecule has 0 unspecified atom stereocenters. The summed E-state index contributed by atoms with van der Waals surface area (Å²) in [6, 6.07) is 3.46. The van der Waals surface area contributed by atoms with Crippen LogP contribution >= 0.6 is 11.8 Å². The molecule has 8 heteroatoms. The molecule has 0 aromatic carbocycles. The largest absolute Gasteiger partial charge is 0.464 e. The number of sulfone groups is 1. The topological polar surface area (TPSA) is 50.5 Å². The van der Waals surface area contributed by atoms with Gasteiger partial charge in [-0.2, -0.15) is 8.78 Å². The molecule has 0 aliphatic carbocycles. The van der Waals surface area contributed by atoms with E-state index in [-0.39, 0.29) is 16.8 Å². The summed E-state index contributed by atoms with van der Waals surface area (Å²) >= 11 is 0.527. The molecule has 1 aliphatic heterocycles. The highest BCUT2D eigenvalue weighted by Crippen LogP contribution is 2.22. The van der Waals surface area contributed by atoms with E-state index in [1.165, 1.54) is 0 Å². The van der Waals surface area contributed by atoms with Crippen molar-refractivity contribution in [3.8, 4) is 0 Å². The van der Waals surface area contributed by atoms with Gasteiger partial charge in [0, 0.05) is 6.54 Å². The summed E-state index contributed by atoms with van der Waals surface area (Å²) in [6.07, 6.45) is 0.608. The van der Waals surface area contributed by atoms with Gasteiger partial charge in [0.2, 0.25) is 0 Å². The molecule has 0 spiro atoms. The van der Waals surface area contributed by atoms with E-state index in [2.05, 4.69) is 0 Å². The molecule has 1 aromatic rings. The van der Waals surface area contributed by atoms with E-state index in [0.29, 0.717) is 49.3 Å². The fourth-order valence-corrected chi connectivity index (χ4v) is 4.05. The van der Waals surface area contributed by atoms with E-state index in [1.54, 1.807) is 19.1 Å². The van der Waals surface area contributed by atoms with Gasteiger partial charge in [-0.3, -0.25) is 4.90 Å². The van der Waals surface area contributed by atoms with Crippen molar-refractivity contribution in [1.82, 2.24) is 4.90 Å². The van der Waals surface area contributed by atoms with Gasteiger partial charge in [-0.25, -0.2) is 8.42 Å². The van der Waals surface area contributed by atoms with Crippen molar-refractivity contribution in [3.05, 3.63) is 23.7 Å². The highest BCUT2D eigenvalue weighted by molar-refractivity contribution is 7.98. The maximum Gasteiger partial charge on any atom is 0.284 e. The van der Waals surface area contributed by atoms with Gasteiger partial charge < -0.3 is 4.42 Å². The van der Waals surface area contributed by atoms with E-state index >= 15 is 0 Å². The molecule has 120 valence electrons. The Kier molecular flexibility index (Phi) is 5.67. The number of halogens is 2. The van der Waals surface area contributed by atoms with Crippen molar-refractivity contribution in [3.63, 3.8) is 0 Å². The molecule has 1 aliphatic rings. The maximum absolute atomic E-state index is 12.1.